The second-order valence-corrected chi connectivity index (χ2v) is 8.39. The molecule has 0 saturated heterocycles. The van der Waals surface area contributed by atoms with Crippen molar-refractivity contribution in [3.8, 4) is 6.07 Å². The Hall–Kier alpha value is -2.64. The summed E-state index contributed by atoms with van der Waals surface area (Å²) in [6.07, 6.45) is 9.53. The fraction of sp³-hybridized carbons (Fsp3) is 0.400. The lowest BCUT2D eigenvalue weighted by Gasteiger charge is -2.27. The Labute approximate surface area is 184 Å². The van der Waals surface area contributed by atoms with Crippen LogP contribution in [0.1, 0.15) is 58.4 Å². The molecule has 0 saturated carbocycles. The van der Waals surface area contributed by atoms with E-state index in [0.29, 0.717) is 27.8 Å². The second-order valence-electron chi connectivity index (χ2n) is 7.98. The third kappa shape index (κ3) is 5.49. The smallest absolute Gasteiger partial charge is 0.154 e. The summed E-state index contributed by atoms with van der Waals surface area (Å²) < 4.78 is 0. The van der Waals surface area contributed by atoms with Crippen molar-refractivity contribution in [2.45, 2.75) is 52.9 Å². The Morgan fingerprint density at radius 3 is 2.70 bits per heavy atom. The molecule has 1 aromatic heterocycles. The molecule has 1 N–H and O–H groups in total. The molecular weight excluding hydrogens is 392 g/mol. The first-order chi connectivity index (χ1) is 14.5. The Morgan fingerprint density at radius 2 is 1.97 bits per heavy atom. The molecule has 5 heteroatoms. The van der Waals surface area contributed by atoms with Crippen molar-refractivity contribution < 1.29 is 0 Å². The Morgan fingerprint density at radius 1 is 1.20 bits per heavy atom. The number of hydrogen-bond acceptors (Lipinski definition) is 4. The molecule has 0 radical (unpaired) electrons. The molecule has 0 fully saturated rings. The van der Waals surface area contributed by atoms with Crippen LogP contribution in [0.4, 0.5) is 17.2 Å². The Bertz CT molecular complexity index is 987. The number of nitrogens with one attached hydrogen (secondary N) is 1. The molecule has 4 nitrogen and oxygen atoms in total. The highest BCUT2D eigenvalue weighted by molar-refractivity contribution is 6.33. The number of pyridine rings is 1. The molecule has 0 bridgehead atoms. The first-order valence-electron chi connectivity index (χ1n) is 10.7. The van der Waals surface area contributed by atoms with Crippen molar-refractivity contribution in [1.82, 2.24) is 4.98 Å². The van der Waals surface area contributed by atoms with Crippen LogP contribution in [-0.2, 0) is 0 Å². The van der Waals surface area contributed by atoms with Crippen LogP contribution in [0.5, 0.6) is 0 Å². The quantitative estimate of drug-likeness (QED) is 0.541. The summed E-state index contributed by atoms with van der Waals surface area (Å²) in [5.41, 5.74) is 4.42. The van der Waals surface area contributed by atoms with Gasteiger partial charge in [0.25, 0.3) is 0 Å². The van der Waals surface area contributed by atoms with Crippen LogP contribution < -0.4 is 5.32 Å². The third-order valence-electron chi connectivity index (χ3n) is 5.90. The van der Waals surface area contributed by atoms with E-state index in [-0.39, 0.29) is 0 Å². The summed E-state index contributed by atoms with van der Waals surface area (Å²) >= 11 is 6.36. The summed E-state index contributed by atoms with van der Waals surface area (Å²) in [5.74, 6) is 2.12. The molecule has 0 amide bonds. The number of aromatic nitrogens is 1. The maximum atomic E-state index is 9.33. The molecule has 2 unspecified atom stereocenters. The zero-order valence-corrected chi connectivity index (χ0v) is 18.7. The average Bonchev–Trinajstić information content (AvgIpc) is 2.74. The number of aliphatic imine (C=N–C) groups is 1. The molecule has 1 heterocycles. The van der Waals surface area contributed by atoms with Gasteiger partial charge in [-0.2, -0.15) is 5.26 Å². The van der Waals surface area contributed by atoms with Crippen LogP contribution in [0.15, 0.2) is 53.2 Å². The number of nitrogens with zero attached hydrogens (tertiary/aromatic N) is 3. The summed E-state index contributed by atoms with van der Waals surface area (Å²) in [6, 6.07) is 11.4. The van der Waals surface area contributed by atoms with Crippen LogP contribution in [0.2, 0.25) is 5.02 Å². The van der Waals surface area contributed by atoms with Crippen molar-refractivity contribution >= 4 is 34.5 Å². The van der Waals surface area contributed by atoms with E-state index in [9.17, 15) is 5.26 Å². The van der Waals surface area contributed by atoms with Crippen LogP contribution in [0.3, 0.4) is 0 Å². The molecule has 0 aliphatic heterocycles. The van der Waals surface area contributed by atoms with Gasteiger partial charge in [0.05, 0.1) is 28.2 Å². The fourth-order valence-electron chi connectivity index (χ4n) is 4.23. The van der Waals surface area contributed by atoms with Crippen LogP contribution in [-0.4, -0.2) is 10.7 Å². The van der Waals surface area contributed by atoms with E-state index in [2.05, 4.69) is 43.2 Å². The molecule has 3 rings (SSSR count). The number of hydrogen-bond donors (Lipinski definition) is 1. The molecule has 2 aromatic rings. The van der Waals surface area contributed by atoms with Crippen molar-refractivity contribution in [1.29, 1.82) is 5.26 Å². The predicted octanol–water partition coefficient (Wildman–Crippen LogP) is 7.61. The van der Waals surface area contributed by atoms with Crippen molar-refractivity contribution in [3.05, 3.63) is 58.8 Å². The van der Waals surface area contributed by atoms with Gasteiger partial charge < -0.3 is 5.32 Å². The highest BCUT2D eigenvalue weighted by atomic mass is 35.5. The lowest BCUT2D eigenvalue weighted by Crippen LogP contribution is -2.18. The van der Waals surface area contributed by atoms with Crippen LogP contribution in [0.25, 0.3) is 0 Å². The third-order valence-corrected chi connectivity index (χ3v) is 6.20. The molecule has 1 aliphatic rings. The first-order valence-corrected chi connectivity index (χ1v) is 11.1. The van der Waals surface area contributed by atoms with E-state index in [1.807, 2.05) is 24.3 Å². The summed E-state index contributed by atoms with van der Waals surface area (Å²) in [4.78, 5) is 9.25. The molecular formula is C25H29ClN4. The van der Waals surface area contributed by atoms with Gasteiger partial charge in [-0.15, -0.1) is 0 Å². The molecule has 0 spiro atoms. The normalized spacial score (nSPS) is 22.5. The van der Waals surface area contributed by atoms with E-state index in [0.717, 1.165) is 36.8 Å². The Kier molecular flexibility index (Phi) is 7.65. The van der Waals surface area contributed by atoms with Gasteiger partial charge in [0.1, 0.15) is 6.07 Å². The highest BCUT2D eigenvalue weighted by Crippen LogP contribution is 2.33. The maximum absolute atomic E-state index is 9.33. The minimum absolute atomic E-state index is 0.493. The van der Waals surface area contributed by atoms with E-state index >= 15 is 0 Å². The van der Waals surface area contributed by atoms with Gasteiger partial charge >= 0.3 is 0 Å². The minimum Gasteiger partial charge on any atom is -0.353 e. The second kappa shape index (κ2) is 10.4. The number of halogens is 1. The number of benzene rings is 1. The molecule has 156 valence electrons. The Balaban J connectivity index is 1.88. The topological polar surface area (TPSA) is 61.1 Å². The summed E-state index contributed by atoms with van der Waals surface area (Å²) in [5, 5.41) is 13.1. The summed E-state index contributed by atoms with van der Waals surface area (Å²) in [7, 11) is 0. The van der Waals surface area contributed by atoms with Crippen molar-refractivity contribution in [2.24, 2.45) is 16.8 Å². The van der Waals surface area contributed by atoms with Gasteiger partial charge in [0.15, 0.2) is 5.82 Å². The number of anilines is 2. The van der Waals surface area contributed by atoms with Gasteiger partial charge in [-0.25, -0.2) is 9.98 Å². The van der Waals surface area contributed by atoms with Crippen LogP contribution >= 0.6 is 11.6 Å². The average molecular weight is 421 g/mol. The van der Waals surface area contributed by atoms with Crippen molar-refractivity contribution in [2.75, 3.05) is 5.32 Å². The lowest BCUT2D eigenvalue weighted by molar-refractivity contribution is 0.294. The van der Waals surface area contributed by atoms with Gasteiger partial charge in [0.2, 0.25) is 0 Å². The highest BCUT2D eigenvalue weighted by Gasteiger charge is 2.21. The molecule has 30 heavy (non-hydrogen) atoms. The predicted molar refractivity (Wildman–Crippen MR) is 126 cm³/mol. The minimum atomic E-state index is 0.493. The zero-order chi connectivity index (χ0) is 21.5. The van der Waals surface area contributed by atoms with E-state index in [1.165, 1.54) is 18.4 Å². The summed E-state index contributed by atoms with van der Waals surface area (Å²) in [6.45, 7) is 6.80. The van der Waals surface area contributed by atoms with E-state index in [4.69, 9.17) is 16.6 Å². The van der Waals surface area contributed by atoms with Crippen molar-refractivity contribution in [3.63, 3.8) is 0 Å². The number of rotatable bonds is 5. The molecule has 1 aliphatic carbocycles. The van der Waals surface area contributed by atoms with Gasteiger partial charge in [-0.05, 0) is 56.2 Å². The van der Waals surface area contributed by atoms with Gasteiger partial charge in [-0.1, -0.05) is 56.0 Å². The zero-order valence-electron chi connectivity index (χ0n) is 18.0. The molecule has 2 atom stereocenters. The van der Waals surface area contributed by atoms with E-state index < -0.39 is 0 Å². The standard InChI is InChI=1S/C25H29ClN4/c1-4-18-10-11-21(13-17(3)12-19(18)5-2)29-25-14-24(22(26)16-28-25)30-23-9-7-6-8-20(23)15-27/h6-9,13-14,16,18-19H,4-5,10-12H2,1-3H3,(H,28,30)/b17-13-,29-21?. The number of allylic oxidation sites excluding steroid dienone is 2. The van der Waals surface area contributed by atoms with Gasteiger partial charge in [0, 0.05) is 11.8 Å². The fourth-order valence-corrected chi connectivity index (χ4v) is 4.39. The lowest BCUT2D eigenvalue weighted by atomic mass is 9.78. The largest absolute Gasteiger partial charge is 0.353 e. The first kappa shape index (κ1) is 22.1. The maximum Gasteiger partial charge on any atom is 0.154 e. The molecule has 1 aromatic carbocycles. The van der Waals surface area contributed by atoms with Crippen LogP contribution in [0, 0.1) is 23.2 Å². The SMILES string of the molecule is CCC1CCC(=Nc2cc(Nc3ccccc3C#N)c(Cl)cn2)/C=C(/C)CC1CC. The number of nitriles is 1. The van der Waals surface area contributed by atoms with Gasteiger partial charge in [-0.3, -0.25) is 0 Å². The number of para-hydroxylation sites is 1. The monoisotopic (exact) mass is 420 g/mol. The van der Waals surface area contributed by atoms with E-state index in [1.54, 1.807) is 12.3 Å².